The number of rotatable bonds is 40. The molecule has 0 aromatic heterocycles. The van der Waals surface area contributed by atoms with Gasteiger partial charge in [-0.1, -0.05) is 199 Å². The lowest BCUT2D eigenvalue weighted by Crippen LogP contribution is -2.57. The largest absolute Gasteiger partial charge is 0.463 e. The molecule has 2 saturated heterocycles. The number of aliphatic hydroxyl groups is 1. The number of aliphatic hydroxyl groups excluding tert-OH is 1. The number of benzene rings is 2. The third-order valence-corrected chi connectivity index (χ3v) is 13.4. The Bertz CT molecular complexity index is 3170. The summed E-state index contributed by atoms with van der Waals surface area (Å²) in [7, 11) is 0. The van der Waals surface area contributed by atoms with Crippen molar-refractivity contribution >= 4 is 71.3 Å². The summed E-state index contributed by atoms with van der Waals surface area (Å²) in [5.74, 6) is -4.93. The van der Waals surface area contributed by atoms with Crippen LogP contribution < -0.4 is 0 Å². The zero-order chi connectivity index (χ0) is 85.9. The summed E-state index contributed by atoms with van der Waals surface area (Å²) < 4.78 is 68.3. The first-order valence-corrected chi connectivity index (χ1v) is 36.2. The Morgan fingerprint density at radius 1 is 0.509 bits per heavy atom. The van der Waals surface area contributed by atoms with Crippen molar-refractivity contribution in [1.82, 2.24) is 0 Å². The standard InChI is InChI=1S/C27H33NO2.C17H26O8.2C7H12O2.C6H8O3.C6H8O2.C5H8O3.C5H8O2.C5H6O2/c1-3-27(29)30-22-12-10-8-6-4-5-7-9-11-13-23-14-16-24(17-15-23)25-18-20-26(28-2)21-19-25;1-6-13-10(3)15(23-11(4)18)16(24-12(5)19)17(25-13)22-9-8-21-14(20)7-2;1-5-6(8)9-7(2,3)4;1-3-5-6-9-7(8)4-2;1-2-6(7)9-4-5-3-8-5;1-3-5-8-6(7)4-2;1-2-5(7)8-4-3-6;2*1-3-5(6)7-4-2/h3,14-21H,1,4-13,22H2;7,10,13,15-17H,2,6,8-9H2,1,3-5H3;5H,1H2,2-4H3;4H,2-3,5-6H2,1H3;2,5H,1,3-4H2;3-4H,1-2,5H2;2,6H,1,3-4H2;3H,1,4H2,2H3;3-4H,1-2H2. The summed E-state index contributed by atoms with van der Waals surface area (Å²) >= 11 is 0. The molecule has 0 aliphatic carbocycles. The number of hydrogen-bond acceptors (Lipinski definition) is 26. The van der Waals surface area contributed by atoms with Gasteiger partial charge in [0.15, 0.2) is 18.1 Å². The molecule has 0 spiro atoms. The highest BCUT2D eigenvalue weighted by molar-refractivity contribution is 5.84. The highest BCUT2D eigenvalue weighted by Gasteiger charge is 2.48. The summed E-state index contributed by atoms with van der Waals surface area (Å²) in [6.45, 7) is 61.0. The van der Waals surface area contributed by atoms with Gasteiger partial charge in [-0.15, -0.1) is 0 Å². The number of carbonyl (C=O) groups is 11. The lowest BCUT2D eigenvalue weighted by Gasteiger charge is -2.43. The Morgan fingerprint density at radius 2 is 0.920 bits per heavy atom. The zero-order valence-corrected chi connectivity index (χ0v) is 67.1. The van der Waals surface area contributed by atoms with Crippen LogP contribution in [0.1, 0.15) is 145 Å². The van der Waals surface area contributed by atoms with E-state index in [0.717, 1.165) is 86.5 Å². The van der Waals surface area contributed by atoms with E-state index in [2.05, 4.69) is 130 Å². The van der Waals surface area contributed by atoms with Crippen LogP contribution in [0.2, 0.25) is 0 Å². The smallest absolute Gasteiger partial charge is 0.334 e. The molecule has 2 fully saturated rings. The van der Waals surface area contributed by atoms with Crippen molar-refractivity contribution in [3.63, 3.8) is 0 Å². The van der Waals surface area contributed by atoms with Gasteiger partial charge < -0.3 is 71.4 Å². The Morgan fingerprint density at radius 3 is 1.29 bits per heavy atom. The van der Waals surface area contributed by atoms with Crippen LogP contribution in [-0.2, 0) is 125 Å². The number of nitrogens with zero attached hydrogens (tertiary/aromatic N) is 1. The van der Waals surface area contributed by atoms with E-state index in [-0.39, 0.29) is 81.0 Å². The van der Waals surface area contributed by atoms with Gasteiger partial charge in [-0.25, -0.2) is 48.0 Å². The Kier molecular flexibility index (Phi) is 72.6. The molecule has 2 aliphatic rings. The minimum Gasteiger partial charge on any atom is -0.463 e. The van der Waals surface area contributed by atoms with Crippen LogP contribution >= 0.6 is 0 Å². The van der Waals surface area contributed by atoms with E-state index in [1.54, 1.807) is 6.92 Å². The molecule has 112 heavy (non-hydrogen) atoms. The topological polar surface area (TPSA) is 345 Å². The first-order valence-electron chi connectivity index (χ1n) is 36.2. The second-order valence-electron chi connectivity index (χ2n) is 23.6. The van der Waals surface area contributed by atoms with Gasteiger partial charge in [-0.2, -0.15) is 0 Å². The maximum Gasteiger partial charge on any atom is 0.334 e. The number of esters is 11. The second-order valence-corrected chi connectivity index (χ2v) is 23.6. The molecule has 1 N–H and O–H groups in total. The average molecular weight is 1570 g/mol. The quantitative estimate of drug-likeness (QED) is 0.00946. The van der Waals surface area contributed by atoms with Gasteiger partial charge in [0.25, 0.3) is 0 Å². The van der Waals surface area contributed by atoms with Crippen LogP contribution in [0.5, 0.6) is 0 Å². The van der Waals surface area contributed by atoms with Crippen molar-refractivity contribution < 1.29 is 124 Å². The molecule has 2 aromatic carbocycles. The van der Waals surface area contributed by atoms with Gasteiger partial charge in [0.2, 0.25) is 0 Å². The van der Waals surface area contributed by atoms with Crippen molar-refractivity contribution in [2.24, 2.45) is 5.92 Å². The molecule has 0 bridgehead atoms. The number of epoxide rings is 1. The second kappa shape index (κ2) is 74.2. The zero-order valence-electron chi connectivity index (χ0n) is 67.1. The maximum atomic E-state index is 11.5. The molecule has 2 heterocycles. The lowest BCUT2D eigenvalue weighted by atomic mass is 9.89. The van der Waals surface area contributed by atoms with Crippen LogP contribution in [0.4, 0.5) is 5.69 Å². The van der Waals surface area contributed by atoms with E-state index < -0.39 is 59.9 Å². The van der Waals surface area contributed by atoms with Crippen LogP contribution in [0, 0.1) is 12.5 Å². The average Bonchev–Trinajstić information content (AvgIpc) is 1.16. The third kappa shape index (κ3) is 69.5. The molecule has 6 unspecified atom stereocenters. The van der Waals surface area contributed by atoms with E-state index in [0.29, 0.717) is 45.1 Å². The van der Waals surface area contributed by atoms with E-state index in [1.165, 1.54) is 88.1 Å². The maximum absolute atomic E-state index is 11.5. The summed E-state index contributed by atoms with van der Waals surface area (Å²) in [5, 5.41) is 8.10. The number of unbranched alkanes of at least 4 members (excludes halogenated alkanes) is 9. The van der Waals surface area contributed by atoms with E-state index in [4.69, 9.17) is 49.6 Å². The minimum atomic E-state index is -0.933. The van der Waals surface area contributed by atoms with E-state index in [9.17, 15) is 52.7 Å². The molecule has 622 valence electrons. The molecule has 0 saturated carbocycles. The normalized spacial score (nSPS) is 14.6. The predicted molar refractivity (Wildman–Crippen MR) is 427 cm³/mol. The molecular formula is C85H121NO26. The monoisotopic (exact) mass is 1570 g/mol. The number of carbonyl (C=O) groups excluding carboxylic acids is 11. The molecule has 27 nitrogen and oxygen atoms in total. The Balaban J connectivity index is -0.000000413. The predicted octanol–water partition coefficient (Wildman–Crippen LogP) is 14.4. The number of hydrogen-bond donors (Lipinski definition) is 1. The molecule has 6 atom stereocenters. The molecule has 2 aliphatic heterocycles. The molecule has 2 aromatic rings. The van der Waals surface area contributed by atoms with Crippen molar-refractivity contribution in [2.75, 3.05) is 66.1 Å². The number of aryl methyl sites for hydroxylation is 1. The van der Waals surface area contributed by atoms with Crippen LogP contribution in [-0.4, -0.2) is 173 Å². The first kappa shape index (κ1) is 110. The first-order chi connectivity index (χ1) is 53.3. The summed E-state index contributed by atoms with van der Waals surface area (Å²) in [6.07, 6.45) is 24.9. The molecule has 0 amide bonds. The van der Waals surface area contributed by atoms with Gasteiger partial charge in [0.1, 0.15) is 44.2 Å². The van der Waals surface area contributed by atoms with Crippen molar-refractivity contribution in [1.29, 1.82) is 0 Å². The fourth-order valence-electron chi connectivity index (χ4n) is 8.03. The van der Waals surface area contributed by atoms with Crippen molar-refractivity contribution in [3.8, 4) is 11.1 Å². The van der Waals surface area contributed by atoms with Gasteiger partial charge in [0.05, 0.1) is 58.6 Å². The van der Waals surface area contributed by atoms with Crippen LogP contribution in [0.15, 0.2) is 188 Å². The van der Waals surface area contributed by atoms with E-state index >= 15 is 0 Å². The Hall–Kier alpha value is -10.9. The van der Waals surface area contributed by atoms with E-state index in [1.807, 2.05) is 65.8 Å². The van der Waals surface area contributed by atoms with Crippen molar-refractivity contribution in [2.45, 2.75) is 182 Å². The van der Waals surface area contributed by atoms with Gasteiger partial charge >= 0.3 is 65.7 Å². The van der Waals surface area contributed by atoms with Crippen LogP contribution in [0.25, 0.3) is 16.0 Å². The molecular weight excluding hydrogens is 1450 g/mol. The molecule has 0 radical (unpaired) electrons. The fourth-order valence-corrected chi connectivity index (χ4v) is 8.03. The summed E-state index contributed by atoms with van der Waals surface area (Å²) in [6, 6.07) is 16.6. The Labute approximate surface area is 662 Å². The van der Waals surface area contributed by atoms with Gasteiger partial charge in [0, 0.05) is 74.4 Å². The van der Waals surface area contributed by atoms with Gasteiger partial charge in [-0.3, -0.25) is 9.59 Å². The summed E-state index contributed by atoms with van der Waals surface area (Å²) in [5.41, 5.74) is 4.04. The fraction of sp³-hybridized carbons (Fsp3) is 0.459. The highest BCUT2D eigenvalue weighted by Crippen LogP contribution is 2.33. The third-order valence-electron chi connectivity index (χ3n) is 13.4. The highest BCUT2D eigenvalue weighted by atomic mass is 16.7. The SMILES string of the molecule is C=CC(=O)OC(C)(C)C.C=CC(=O)OCC.C=CC(=O)OCC1CO1.C=CC(=O)OCCCC.C=CC(=O)OCCO.C=CC(=O)OCCOC1OC(CC)C(C)C(OC(C)=O)C1OC(C)=O.C=CCOC(=O)C=C.C=COC(=O)C=C.[C-]#[N+]c1ccc(-c2ccc(CCCCCCCCCCCOC(=O)C=C)cc2)cc1. The summed E-state index contributed by atoms with van der Waals surface area (Å²) in [4.78, 5) is 120. The van der Waals surface area contributed by atoms with Gasteiger partial charge in [-0.05, 0) is 76.5 Å². The lowest BCUT2D eigenvalue weighted by molar-refractivity contribution is -0.291. The molecule has 4 rings (SSSR count). The minimum absolute atomic E-state index is 0.0118. The number of ether oxygens (including phenoxy) is 14. The molecule has 27 heteroatoms. The van der Waals surface area contributed by atoms with Crippen LogP contribution in [0.3, 0.4) is 0 Å². The van der Waals surface area contributed by atoms with Crippen molar-refractivity contribution in [3.05, 3.63) is 205 Å².